The summed E-state index contributed by atoms with van der Waals surface area (Å²) in [5.74, 6) is -0.121. The van der Waals surface area contributed by atoms with Gasteiger partial charge in [0.15, 0.2) is 5.78 Å². The summed E-state index contributed by atoms with van der Waals surface area (Å²) in [7, 11) is 0. The summed E-state index contributed by atoms with van der Waals surface area (Å²) in [6, 6.07) is -0.0188. The fourth-order valence-electron chi connectivity index (χ4n) is 7.98. The number of ketones is 1. The molecular weight excluding hydrogens is 470 g/mol. The van der Waals surface area contributed by atoms with Gasteiger partial charge in [0.1, 0.15) is 0 Å². The zero-order chi connectivity index (χ0) is 27.0. The van der Waals surface area contributed by atoms with Crippen molar-refractivity contribution in [1.29, 1.82) is 0 Å². The Morgan fingerprint density at radius 1 is 1.22 bits per heavy atom. The lowest BCUT2D eigenvalue weighted by Crippen LogP contribution is -2.55. The predicted octanol–water partition coefficient (Wildman–Crippen LogP) is 3.78. The van der Waals surface area contributed by atoms with Crippen LogP contribution in [-0.4, -0.2) is 75.0 Å². The third-order valence-electron chi connectivity index (χ3n) is 10.3. The summed E-state index contributed by atoms with van der Waals surface area (Å²) in [6.45, 7) is 9.58. The fourth-order valence-corrected chi connectivity index (χ4v) is 7.98. The van der Waals surface area contributed by atoms with E-state index in [-0.39, 0.29) is 48.0 Å². The topological polar surface area (TPSA) is 107 Å². The summed E-state index contributed by atoms with van der Waals surface area (Å²) in [6.07, 6.45) is 7.89. The van der Waals surface area contributed by atoms with Crippen molar-refractivity contribution in [3.05, 3.63) is 11.6 Å². The molecule has 1 amide bonds. The number of fused-ring (bicyclic) bond motifs is 1. The zero-order valence-electron chi connectivity index (χ0n) is 23.3. The molecule has 0 spiro atoms. The Morgan fingerprint density at radius 3 is 2.62 bits per heavy atom. The summed E-state index contributed by atoms with van der Waals surface area (Å²) >= 11 is 0. The molecule has 0 aromatic carbocycles. The molecule has 1 aliphatic heterocycles. The molecular formula is C30H49NO6. The third-order valence-corrected chi connectivity index (χ3v) is 10.3. The minimum Gasteiger partial charge on any atom is -0.390 e. The normalized spacial score (nSPS) is 40.8. The maximum atomic E-state index is 13.4. The van der Waals surface area contributed by atoms with Crippen LogP contribution < -0.4 is 0 Å². The fraction of sp³-hybridized carbons (Fsp3) is 0.867. The van der Waals surface area contributed by atoms with Crippen LogP contribution in [0.1, 0.15) is 98.3 Å². The average molecular weight is 520 g/mol. The van der Waals surface area contributed by atoms with E-state index in [1.54, 1.807) is 6.08 Å². The van der Waals surface area contributed by atoms with Crippen molar-refractivity contribution in [2.75, 3.05) is 13.2 Å². The molecule has 210 valence electrons. The van der Waals surface area contributed by atoms with Crippen molar-refractivity contribution in [2.24, 2.45) is 23.2 Å². The molecule has 3 aliphatic carbocycles. The van der Waals surface area contributed by atoms with Crippen LogP contribution in [0.15, 0.2) is 11.6 Å². The number of carbonyl (C=O) groups excluding carboxylic acids is 2. The summed E-state index contributed by atoms with van der Waals surface area (Å²) in [5.41, 5.74) is -0.749. The number of hydrogen-bond donors (Lipinski definition) is 3. The van der Waals surface area contributed by atoms with E-state index in [2.05, 4.69) is 20.8 Å². The first-order chi connectivity index (χ1) is 17.5. The largest absolute Gasteiger partial charge is 0.390 e. The van der Waals surface area contributed by atoms with Gasteiger partial charge in [-0.05, 0) is 87.2 Å². The Kier molecular flexibility index (Phi) is 8.89. The van der Waals surface area contributed by atoms with Crippen LogP contribution in [0.3, 0.4) is 0 Å². The maximum Gasteiger partial charge on any atom is 0.222 e. The number of nitrogens with zero attached hydrogens (tertiary/aromatic N) is 1. The van der Waals surface area contributed by atoms with Crippen molar-refractivity contribution in [3.8, 4) is 0 Å². The Morgan fingerprint density at radius 2 is 1.97 bits per heavy atom. The molecule has 9 atom stereocenters. The quantitative estimate of drug-likeness (QED) is 0.428. The van der Waals surface area contributed by atoms with Gasteiger partial charge >= 0.3 is 0 Å². The first-order valence-electron chi connectivity index (χ1n) is 14.8. The number of amides is 1. The molecule has 7 nitrogen and oxygen atoms in total. The van der Waals surface area contributed by atoms with E-state index in [4.69, 9.17) is 4.74 Å². The van der Waals surface area contributed by atoms with Gasteiger partial charge < -0.3 is 25.0 Å². The molecule has 7 heteroatoms. The molecule has 1 saturated heterocycles. The first-order valence-corrected chi connectivity index (χ1v) is 14.8. The number of rotatable bonds is 9. The standard InChI is InChI=1S/C30H49NO6/c1-5-7-10-22-23(14-25(32)24-15-26(33)27(34)17-29(22,24)4)30(36)12-11-20(16-30)19(3)31(28(35)6-2)18-21-9-8-13-37-21/h14,19-22,24,26-27,33-34,36H,5-13,15-18H2,1-4H3. The van der Waals surface area contributed by atoms with Crippen LogP contribution in [0.25, 0.3) is 0 Å². The second-order valence-electron chi connectivity index (χ2n) is 12.6. The number of carbonyl (C=O) groups is 2. The number of hydrogen-bond acceptors (Lipinski definition) is 6. The van der Waals surface area contributed by atoms with Crippen LogP contribution >= 0.6 is 0 Å². The van der Waals surface area contributed by atoms with Crippen molar-refractivity contribution < 1.29 is 29.6 Å². The van der Waals surface area contributed by atoms with Gasteiger partial charge in [-0.1, -0.05) is 33.6 Å². The van der Waals surface area contributed by atoms with E-state index in [1.807, 2.05) is 11.8 Å². The number of allylic oxidation sites excluding steroid dienone is 1. The van der Waals surface area contributed by atoms with Gasteiger partial charge in [0.05, 0.1) is 23.9 Å². The first kappa shape index (κ1) is 28.7. The van der Waals surface area contributed by atoms with E-state index in [0.717, 1.165) is 50.7 Å². The molecule has 37 heavy (non-hydrogen) atoms. The molecule has 4 aliphatic rings. The van der Waals surface area contributed by atoms with Crippen molar-refractivity contribution in [3.63, 3.8) is 0 Å². The Hall–Kier alpha value is -1.28. The smallest absolute Gasteiger partial charge is 0.222 e. The van der Waals surface area contributed by atoms with E-state index in [0.29, 0.717) is 32.2 Å². The van der Waals surface area contributed by atoms with Gasteiger partial charge in [-0.3, -0.25) is 9.59 Å². The van der Waals surface area contributed by atoms with Crippen molar-refractivity contribution in [1.82, 2.24) is 4.90 Å². The Balaban J connectivity index is 1.58. The van der Waals surface area contributed by atoms with Crippen molar-refractivity contribution >= 4 is 11.7 Å². The van der Waals surface area contributed by atoms with Gasteiger partial charge in [-0.2, -0.15) is 0 Å². The van der Waals surface area contributed by atoms with Crippen LogP contribution in [0.5, 0.6) is 0 Å². The van der Waals surface area contributed by atoms with Gasteiger partial charge in [-0.15, -0.1) is 0 Å². The highest BCUT2D eigenvalue weighted by Gasteiger charge is 2.57. The predicted molar refractivity (Wildman–Crippen MR) is 142 cm³/mol. The maximum absolute atomic E-state index is 13.4. The highest BCUT2D eigenvalue weighted by Crippen LogP contribution is 2.58. The van der Waals surface area contributed by atoms with E-state index in [9.17, 15) is 24.9 Å². The molecule has 9 unspecified atom stereocenters. The molecule has 0 aromatic heterocycles. The average Bonchev–Trinajstić information content (AvgIpc) is 3.53. The second kappa shape index (κ2) is 11.4. The lowest BCUT2D eigenvalue weighted by atomic mass is 9.51. The van der Waals surface area contributed by atoms with Gasteiger partial charge in [0, 0.05) is 31.5 Å². The Labute approximate surface area is 222 Å². The van der Waals surface area contributed by atoms with Crippen LogP contribution in [0, 0.1) is 23.2 Å². The van der Waals surface area contributed by atoms with Crippen LogP contribution in [0.2, 0.25) is 0 Å². The van der Waals surface area contributed by atoms with Crippen LogP contribution in [-0.2, 0) is 14.3 Å². The minimum absolute atomic E-state index is 0.0170. The van der Waals surface area contributed by atoms with Crippen LogP contribution in [0.4, 0.5) is 0 Å². The summed E-state index contributed by atoms with van der Waals surface area (Å²) in [4.78, 5) is 28.3. The van der Waals surface area contributed by atoms with Gasteiger partial charge in [-0.25, -0.2) is 0 Å². The molecule has 0 bridgehead atoms. The summed E-state index contributed by atoms with van der Waals surface area (Å²) in [5, 5.41) is 33.1. The number of ether oxygens (including phenoxy) is 1. The molecule has 0 radical (unpaired) electrons. The second-order valence-corrected chi connectivity index (χ2v) is 12.6. The van der Waals surface area contributed by atoms with Gasteiger partial charge in [0.2, 0.25) is 5.91 Å². The number of aliphatic hydroxyl groups is 3. The molecule has 3 fully saturated rings. The lowest BCUT2D eigenvalue weighted by molar-refractivity contribution is -0.142. The monoisotopic (exact) mass is 519 g/mol. The summed E-state index contributed by atoms with van der Waals surface area (Å²) < 4.78 is 5.84. The molecule has 4 rings (SSSR count). The third kappa shape index (κ3) is 5.57. The van der Waals surface area contributed by atoms with E-state index < -0.39 is 23.2 Å². The Bertz CT molecular complexity index is 868. The molecule has 1 heterocycles. The molecule has 0 aromatic rings. The zero-order valence-corrected chi connectivity index (χ0v) is 23.3. The van der Waals surface area contributed by atoms with Crippen molar-refractivity contribution in [2.45, 2.75) is 128 Å². The molecule has 2 saturated carbocycles. The number of unbranched alkanes of at least 4 members (excludes halogenated alkanes) is 1. The van der Waals surface area contributed by atoms with Gasteiger partial charge in [0.25, 0.3) is 0 Å². The molecule has 3 N–H and O–H groups in total. The van der Waals surface area contributed by atoms with E-state index >= 15 is 0 Å². The highest BCUT2D eigenvalue weighted by atomic mass is 16.5. The van der Waals surface area contributed by atoms with E-state index in [1.165, 1.54) is 0 Å². The minimum atomic E-state index is -1.09. The highest BCUT2D eigenvalue weighted by molar-refractivity contribution is 5.94. The number of aliphatic hydroxyl groups excluding tert-OH is 2. The SMILES string of the molecule is CCCCC1C(C2(O)CCC(C(C)N(CC3CCCO3)C(=O)CC)C2)=CC(=O)C2CC(O)C(O)CC21C. The lowest BCUT2D eigenvalue weighted by Gasteiger charge is -2.54.